The molecule has 32 heavy (non-hydrogen) atoms. The van der Waals surface area contributed by atoms with Gasteiger partial charge in [0.25, 0.3) is 8.32 Å². The highest BCUT2D eigenvalue weighted by Crippen LogP contribution is 2.39. The van der Waals surface area contributed by atoms with Crippen LogP contribution in [0.4, 0.5) is 0 Å². The minimum Gasteiger partial charge on any atom is -0.460 e. The molecule has 0 bridgehead atoms. The van der Waals surface area contributed by atoms with Gasteiger partial charge in [-0.15, -0.1) is 5.16 Å². The van der Waals surface area contributed by atoms with Crippen LogP contribution in [0.1, 0.15) is 55.8 Å². The molecule has 4 rings (SSSR count). The molecule has 1 aliphatic rings. The third-order valence-electron chi connectivity index (χ3n) is 6.48. The van der Waals surface area contributed by atoms with E-state index in [0.29, 0.717) is 5.58 Å². The summed E-state index contributed by atoms with van der Waals surface area (Å²) < 4.78 is 17.2. The zero-order valence-electron chi connectivity index (χ0n) is 19.6. The van der Waals surface area contributed by atoms with E-state index in [2.05, 4.69) is 56.1 Å². The second kappa shape index (κ2) is 8.20. The summed E-state index contributed by atoms with van der Waals surface area (Å²) in [6, 6.07) is 8.07. The lowest BCUT2D eigenvalue weighted by molar-refractivity contribution is 0.0494. The summed E-state index contributed by atoms with van der Waals surface area (Å²) in [5, 5.41) is 5.54. The zero-order valence-corrected chi connectivity index (χ0v) is 20.6. The molecular formula is C25H30N2O4Si. The summed E-state index contributed by atoms with van der Waals surface area (Å²) in [5.41, 5.74) is 5.52. The number of carbonyl (C=O) groups excluding carboxylic acids is 1. The van der Waals surface area contributed by atoms with Crippen LogP contribution in [-0.2, 0) is 15.7 Å². The summed E-state index contributed by atoms with van der Waals surface area (Å²) in [4.78, 5) is 16.7. The number of esters is 1. The quantitative estimate of drug-likeness (QED) is 0.257. The van der Waals surface area contributed by atoms with Crippen molar-refractivity contribution in [3.05, 3.63) is 53.5 Å². The number of hydrogen-bond acceptors (Lipinski definition) is 6. The molecule has 0 radical (unpaired) electrons. The van der Waals surface area contributed by atoms with Gasteiger partial charge in [0.2, 0.25) is 5.76 Å². The van der Waals surface area contributed by atoms with Crippen LogP contribution in [0.5, 0.6) is 0 Å². The SMILES string of the molecule is CCOC(=O)c1oc2cnccc2c1-c1ccc2c(c1)CC/C2=N\O[Si](C)(C)C(C)(C)C. The van der Waals surface area contributed by atoms with Crippen LogP contribution < -0.4 is 0 Å². The van der Waals surface area contributed by atoms with Gasteiger partial charge in [-0.05, 0) is 55.1 Å². The van der Waals surface area contributed by atoms with E-state index in [-0.39, 0.29) is 17.4 Å². The number of furan rings is 1. The van der Waals surface area contributed by atoms with Crippen molar-refractivity contribution in [2.75, 3.05) is 6.61 Å². The number of ether oxygens (including phenoxy) is 1. The first-order chi connectivity index (χ1) is 15.1. The number of hydrogen-bond donors (Lipinski definition) is 0. The van der Waals surface area contributed by atoms with Crippen molar-refractivity contribution >= 4 is 31.0 Å². The normalized spacial score (nSPS) is 15.2. The second-order valence-electron chi connectivity index (χ2n) is 9.66. The number of pyridine rings is 1. The first-order valence-corrected chi connectivity index (χ1v) is 14.0. The molecule has 0 saturated carbocycles. The highest BCUT2D eigenvalue weighted by atomic mass is 28.4. The number of benzene rings is 1. The van der Waals surface area contributed by atoms with Crippen molar-refractivity contribution in [3.63, 3.8) is 0 Å². The molecule has 0 N–H and O–H groups in total. The molecule has 0 spiro atoms. The van der Waals surface area contributed by atoms with Crippen molar-refractivity contribution in [3.8, 4) is 11.1 Å². The van der Waals surface area contributed by atoms with Crippen LogP contribution in [0.3, 0.4) is 0 Å². The molecule has 1 aliphatic carbocycles. The average molecular weight is 451 g/mol. The molecule has 6 nitrogen and oxygen atoms in total. The molecule has 2 heterocycles. The minimum absolute atomic E-state index is 0.100. The third-order valence-corrected chi connectivity index (χ3v) is 10.6. The minimum atomic E-state index is -1.96. The highest BCUT2D eigenvalue weighted by molar-refractivity contribution is 6.74. The fraction of sp³-hybridized carbons (Fsp3) is 0.400. The lowest BCUT2D eigenvalue weighted by Crippen LogP contribution is -2.39. The average Bonchev–Trinajstić information content (AvgIpc) is 3.32. The summed E-state index contributed by atoms with van der Waals surface area (Å²) in [6.45, 7) is 13.1. The number of carbonyl (C=O) groups is 1. The number of aryl methyl sites for hydroxylation is 1. The number of fused-ring (bicyclic) bond motifs is 2. The molecular weight excluding hydrogens is 420 g/mol. The molecule has 7 heteroatoms. The van der Waals surface area contributed by atoms with Crippen molar-refractivity contribution in [1.29, 1.82) is 0 Å². The maximum atomic E-state index is 12.6. The summed E-state index contributed by atoms with van der Waals surface area (Å²) in [5.74, 6) is -0.257. The maximum absolute atomic E-state index is 12.6. The van der Waals surface area contributed by atoms with Crippen LogP contribution >= 0.6 is 0 Å². The Morgan fingerprint density at radius 1 is 1.22 bits per heavy atom. The van der Waals surface area contributed by atoms with Gasteiger partial charge in [-0.25, -0.2) is 4.79 Å². The molecule has 0 atom stereocenters. The van der Waals surface area contributed by atoms with Crippen LogP contribution in [-0.4, -0.2) is 31.6 Å². The van der Waals surface area contributed by atoms with E-state index in [0.717, 1.165) is 40.6 Å². The van der Waals surface area contributed by atoms with Crippen LogP contribution in [0, 0.1) is 0 Å². The van der Waals surface area contributed by atoms with E-state index >= 15 is 0 Å². The first kappa shape index (κ1) is 22.3. The first-order valence-electron chi connectivity index (χ1n) is 11.0. The Bertz CT molecular complexity index is 1200. The van der Waals surface area contributed by atoms with Crippen LogP contribution in [0.25, 0.3) is 22.1 Å². The standard InChI is InChI=1S/C25H30N2O4Si/c1-7-29-24(28)23-22(19-12-13-26-15-21(19)30-23)17-8-10-18-16(14-17)9-11-20(18)27-31-32(5,6)25(2,3)4/h8,10,12-15H,7,9,11H2,1-6H3/b27-20+. The summed E-state index contributed by atoms with van der Waals surface area (Å²) in [6.07, 6.45) is 5.05. The fourth-order valence-corrected chi connectivity index (χ4v) is 4.22. The molecule has 2 aromatic heterocycles. The molecule has 0 fully saturated rings. The maximum Gasteiger partial charge on any atom is 0.374 e. The van der Waals surface area contributed by atoms with Gasteiger partial charge >= 0.3 is 5.97 Å². The Morgan fingerprint density at radius 3 is 2.72 bits per heavy atom. The molecule has 0 aliphatic heterocycles. The lowest BCUT2D eigenvalue weighted by Gasteiger charge is -2.33. The van der Waals surface area contributed by atoms with Crippen molar-refractivity contribution in [1.82, 2.24) is 4.98 Å². The molecule has 0 saturated heterocycles. The number of oxime groups is 1. The van der Waals surface area contributed by atoms with Gasteiger partial charge in [0, 0.05) is 22.7 Å². The van der Waals surface area contributed by atoms with Gasteiger partial charge in [0.05, 0.1) is 18.5 Å². The van der Waals surface area contributed by atoms with E-state index in [1.54, 1.807) is 19.3 Å². The Labute approximate surface area is 189 Å². The monoisotopic (exact) mass is 450 g/mol. The van der Waals surface area contributed by atoms with E-state index in [1.165, 1.54) is 5.56 Å². The van der Waals surface area contributed by atoms with Crippen molar-refractivity contribution in [2.45, 2.75) is 58.7 Å². The largest absolute Gasteiger partial charge is 0.460 e. The highest BCUT2D eigenvalue weighted by Gasteiger charge is 2.40. The number of nitrogens with zero attached hydrogens (tertiary/aromatic N) is 2. The third kappa shape index (κ3) is 3.97. The van der Waals surface area contributed by atoms with Gasteiger partial charge in [-0.1, -0.05) is 39.0 Å². The predicted octanol–water partition coefficient (Wildman–Crippen LogP) is 6.34. The van der Waals surface area contributed by atoms with Crippen LogP contribution in [0.2, 0.25) is 18.1 Å². The van der Waals surface area contributed by atoms with Crippen molar-refractivity contribution in [2.24, 2.45) is 5.16 Å². The van der Waals surface area contributed by atoms with E-state index < -0.39 is 14.3 Å². The van der Waals surface area contributed by atoms with Gasteiger partial charge in [-0.3, -0.25) is 4.98 Å². The predicted molar refractivity (Wildman–Crippen MR) is 129 cm³/mol. The van der Waals surface area contributed by atoms with Gasteiger partial charge in [-0.2, -0.15) is 0 Å². The zero-order chi connectivity index (χ0) is 23.1. The molecule has 1 aromatic carbocycles. The topological polar surface area (TPSA) is 73.9 Å². The van der Waals surface area contributed by atoms with Crippen LogP contribution in [0.15, 0.2) is 46.2 Å². The summed E-state index contributed by atoms with van der Waals surface area (Å²) >= 11 is 0. The molecule has 0 amide bonds. The molecule has 168 valence electrons. The fourth-order valence-electron chi connectivity index (χ4n) is 3.60. The number of rotatable bonds is 5. The Balaban J connectivity index is 1.72. The van der Waals surface area contributed by atoms with Gasteiger partial charge < -0.3 is 13.7 Å². The van der Waals surface area contributed by atoms with E-state index in [9.17, 15) is 4.79 Å². The number of aromatic nitrogens is 1. The Morgan fingerprint density at radius 2 is 2.00 bits per heavy atom. The van der Waals surface area contributed by atoms with Gasteiger partial charge in [0.15, 0.2) is 5.58 Å². The summed E-state index contributed by atoms with van der Waals surface area (Å²) in [7, 11) is -1.96. The Hall–Kier alpha value is -2.93. The van der Waals surface area contributed by atoms with Crippen molar-refractivity contribution < 1.29 is 18.5 Å². The molecule has 3 aromatic rings. The van der Waals surface area contributed by atoms with E-state index in [4.69, 9.17) is 13.7 Å². The van der Waals surface area contributed by atoms with Gasteiger partial charge in [0.1, 0.15) is 0 Å². The second-order valence-corrected chi connectivity index (χ2v) is 14.4. The Kier molecular flexibility index (Phi) is 5.71. The molecule has 0 unspecified atom stereocenters. The smallest absolute Gasteiger partial charge is 0.374 e. The lowest BCUT2D eigenvalue weighted by atomic mass is 9.98. The van der Waals surface area contributed by atoms with E-state index in [1.807, 2.05) is 12.1 Å².